The Hall–Kier alpha value is -3.85. The summed E-state index contributed by atoms with van der Waals surface area (Å²) < 4.78 is 32.7. The standard InChI is InChI=1S/C32H41N3O5S/c1-6-25(4)33-32(37)30(7-2)34(21-27-16-12-11-13-24(27)3)31(36)22-35(41(5,38)39)28-17-19-29(20-18-28)40-23-26-14-9-8-10-15-26/h8-20,25,30H,6-7,21-23H2,1-5H3,(H,33,37). The van der Waals surface area contributed by atoms with Crippen LogP contribution in [0.1, 0.15) is 50.3 Å². The molecule has 3 aromatic rings. The number of nitrogens with one attached hydrogen (secondary N) is 1. The molecule has 3 rings (SSSR count). The number of anilines is 1. The van der Waals surface area contributed by atoms with Crippen LogP contribution in [0.5, 0.6) is 5.75 Å². The summed E-state index contributed by atoms with van der Waals surface area (Å²) >= 11 is 0. The number of benzene rings is 3. The highest BCUT2D eigenvalue weighted by atomic mass is 32.2. The average molecular weight is 580 g/mol. The van der Waals surface area contributed by atoms with Crippen molar-refractivity contribution in [2.75, 3.05) is 17.1 Å². The Bertz CT molecular complexity index is 1390. The van der Waals surface area contributed by atoms with Crippen LogP contribution in [0, 0.1) is 6.92 Å². The zero-order chi connectivity index (χ0) is 30.0. The van der Waals surface area contributed by atoms with E-state index in [1.54, 1.807) is 24.3 Å². The molecule has 8 nitrogen and oxygen atoms in total. The fourth-order valence-corrected chi connectivity index (χ4v) is 5.24. The normalized spacial score (nSPS) is 12.7. The van der Waals surface area contributed by atoms with Gasteiger partial charge in [-0.2, -0.15) is 0 Å². The minimum Gasteiger partial charge on any atom is -0.489 e. The summed E-state index contributed by atoms with van der Waals surface area (Å²) in [6.45, 7) is 7.80. The van der Waals surface area contributed by atoms with E-state index in [-0.39, 0.29) is 18.5 Å². The van der Waals surface area contributed by atoms with Crippen molar-refractivity contribution >= 4 is 27.5 Å². The molecule has 0 aromatic heterocycles. The number of nitrogens with zero attached hydrogens (tertiary/aromatic N) is 2. The molecule has 0 heterocycles. The van der Waals surface area contributed by atoms with Crippen molar-refractivity contribution in [1.29, 1.82) is 0 Å². The third-order valence-corrected chi connectivity index (χ3v) is 8.18. The smallest absolute Gasteiger partial charge is 0.244 e. The molecule has 9 heteroatoms. The number of rotatable bonds is 14. The van der Waals surface area contributed by atoms with Crippen LogP contribution in [0.25, 0.3) is 0 Å². The second-order valence-corrected chi connectivity index (χ2v) is 12.1. The van der Waals surface area contributed by atoms with Crippen LogP contribution in [0.2, 0.25) is 0 Å². The third-order valence-electron chi connectivity index (χ3n) is 7.04. The molecule has 0 saturated heterocycles. The molecule has 220 valence electrons. The van der Waals surface area contributed by atoms with Gasteiger partial charge in [0.25, 0.3) is 0 Å². The van der Waals surface area contributed by atoms with Crippen LogP contribution < -0.4 is 14.4 Å². The lowest BCUT2D eigenvalue weighted by Gasteiger charge is -2.33. The monoisotopic (exact) mass is 579 g/mol. The van der Waals surface area contributed by atoms with Gasteiger partial charge in [-0.3, -0.25) is 13.9 Å². The first kappa shape index (κ1) is 31.7. The highest BCUT2D eigenvalue weighted by molar-refractivity contribution is 7.92. The van der Waals surface area contributed by atoms with Gasteiger partial charge in [-0.25, -0.2) is 8.42 Å². The number of sulfonamides is 1. The van der Waals surface area contributed by atoms with Crippen LogP contribution in [0.15, 0.2) is 78.9 Å². The number of hydrogen-bond donors (Lipinski definition) is 1. The summed E-state index contributed by atoms with van der Waals surface area (Å²) in [7, 11) is -3.83. The maximum atomic E-state index is 13.9. The number of aryl methyl sites for hydroxylation is 1. The number of hydrogen-bond acceptors (Lipinski definition) is 5. The second-order valence-electron chi connectivity index (χ2n) is 10.2. The van der Waals surface area contributed by atoms with E-state index in [0.29, 0.717) is 24.5 Å². The zero-order valence-electron chi connectivity index (χ0n) is 24.5. The number of ether oxygens (including phenoxy) is 1. The lowest BCUT2D eigenvalue weighted by Crippen LogP contribution is -2.53. The van der Waals surface area contributed by atoms with E-state index < -0.39 is 28.5 Å². The first-order chi connectivity index (χ1) is 19.5. The molecule has 2 atom stereocenters. The average Bonchev–Trinajstić information content (AvgIpc) is 2.95. The summed E-state index contributed by atoms with van der Waals surface area (Å²) in [6.07, 6.45) is 2.20. The highest BCUT2D eigenvalue weighted by Gasteiger charge is 2.32. The van der Waals surface area contributed by atoms with E-state index >= 15 is 0 Å². The molecule has 0 saturated carbocycles. The maximum Gasteiger partial charge on any atom is 0.244 e. The first-order valence-corrected chi connectivity index (χ1v) is 15.8. The van der Waals surface area contributed by atoms with Crippen molar-refractivity contribution in [3.05, 3.63) is 95.6 Å². The Morgan fingerprint density at radius 3 is 2.12 bits per heavy atom. The lowest BCUT2D eigenvalue weighted by molar-refractivity contribution is -0.140. The first-order valence-electron chi connectivity index (χ1n) is 13.9. The molecule has 2 amide bonds. The largest absolute Gasteiger partial charge is 0.489 e. The van der Waals surface area contributed by atoms with E-state index in [1.165, 1.54) is 4.90 Å². The fourth-order valence-electron chi connectivity index (χ4n) is 4.39. The molecule has 1 N–H and O–H groups in total. The summed E-state index contributed by atoms with van der Waals surface area (Å²) in [5.74, 6) is -0.143. The molecule has 0 bridgehead atoms. The predicted octanol–water partition coefficient (Wildman–Crippen LogP) is 5.06. The van der Waals surface area contributed by atoms with Gasteiger partial charge >= 0.3 is 0 Å². The van der Waals surface area contributed by atoms with E-state index in [4.69, 9.17) is 4.74 Å². The van der Waals surface area contributed by atoms with Gasteiger partial charge in [0.05, 0.1) is 11.9 Å². The predicted molar refractivity (Wildman–Crippen MR) is 163 cm³/mol. The van der Waals surface area contributed by atoms with Crippen LogP contribution in [0.4, 0.5) is 5.69 Å². The van der Waals surface area contributed by atoms with E-state index in [9.17, 15) is 18.0 Å². The van der Waals surface area contributed by atoms with Crippen molar-refractivity contribution in [3.8, 4) is 5.75 Å². The van der Waals surface area contributed by atoms with Crippen molar-refractivity contribution < 1.29 is 22.7 Å². The minimum absolute atomic E-state index is 0.0536. The Balaban J connectivity index is 1.86. The van der Waals surface area contributed by atoms with E-state index in [1.807, 2.05) is 82.3 Å². The van der Waals surface area contributed by atoms with Crippen LogP contribution >= 0.6 is 0 Å². The molecule has 41 heavy (non-hydrogen) atoms. The molecule has 0 aliphatic carbocycles. The molecule has 2 unspecified atom stereocenters. The molecule has 0 radical (unpaired) electrons. The fraction of sp³-hybridized carbons (Fsp3) is 0.375. The third kappa shape index (κ3) is 9.08. The van der Waals surface area contributed by atoms with Gasteiger partial charge in [-0.1, -0.05) is 68.4 Å². The number of carbonyl (C=O) groups is 2. The molecule has 0 fully saturated rings. The van der Waals surface area contributed by atoms with Gasteiger partial charge in [0, 0.05) is 12.6 Å². The summed E-state index contributed by atoms with van der Waals surface area (Å²) in [5, 5.41) is 2.98. The topological polar surface area (TPSA) is 96.0 Å². The summed E-state index contributed by atoms with van der Waals surface area (Å²) in [6, 6.07) is 23.2. The van der Waals surface area contributed by atoms with Gasteiger partial charge < -0.3 is 15.0 Å². The van der Waals surface area contributed by atoms with Crippen molar-refractivity contribution in [2.24, 2.45) is 0 Å². The lowest BCUT2D eigenvalue weighted by atomic mass is 10.1. The Labute approximate surface area is 244 Å². The quantitative estimate of drug-likeness (QED) is 0.288. The van der Waals surface area contributed by atoms with E-state index in [0.717, 1.165) is 33.7 Å². The maximum absolute atomic E-state index is 13.9. The van der Waals surface area contributed by atoms with Gasteiger partial charge in [0.15, 0.2) is 0 Å². The highest BCUT2D eigenvalue weighted by Crippen LogP contribution is 2.24. The molecule has 0 aliphatic heterocycles. The Morgan fingerprint density at radius 2 is 1.54 bits per heavy atom. The van der Waals surface area contributed by atoms with Crippen LogP contribution in [0.3, 0.4) is 0 Å². The van der Waals surface area contributed by atoms with Gasteiger partial charge in [0.1, 0.15) is 24.9 Å². The van der Waals surface area contributed by atoms with Crippen molar-refractivity contribution in [2.45, 2.75) is 65.8 Å². The van der Waals surface area contributed by atoms with E-state index in [2.05, 4.69) is 5.32 Å². The van der Waals surface area contributed by atoms with Crippen LogP contribution in [-0.4, -0.2) is 50.0 Å². The van der Waals surface area contributed by atoms with Crippen molar-refractivity contribution in [3.63, 3.8) is 0 Å². The Morgan fingerprint density at radius 1 is 0.902 bits per heavy atom. The zero-order valence-corrected chi connectivity index (χ0v) is 25.4. The SMILES string of the molecule is CCC(C)NC(=O)C(CC)N(Cc1ccccc1C)C(=O)CN(c1ccc(OCc2ccccc2)cc1)S(C)(=O)=O. The van der Waals surface area contributed by atoms with Crippen molar-refractivity contribution in [1.82, 2.24) is 10.2 Å². The summed E-state index contributed by atoms with van der Waals surface area (Å²) in [4.78, 5) is 28.7. The number of amides is 2. The van der Waals surface area contributed by atoms with Gasteiger partial charge in [0.2, 0.25) is 21.8 Å². The molecule has 3 aromatic carbocycles. The van der Waals surface area contributed by atoms with Gasteiger partial charge in [-0.15, -0.1) is 0 Å². The van der Waals surface area contributed by atoms with Crippen LogP contribution in [-0.2, 0) is 32.8 Å². The minimum atomic E-state index is -3.83. The number of carbonyl (C=O) groups excluding carboxylic acids is 2. The second kappa shape index (κ2) is 14.7. The molecule has 0 aliphatic rings. The molecular weight excluding hydrogens is 538 g/mol. The summed E-state index contributed by atoms with van der Waals surface area (Å²) in [5.41, 5.74) is 3.22. The Kier molecular flexibility index (Phi) is 11.3. The molecule has 0 spiro atoms. The van der Waals surface area contributed by atoms with Gasteiger partial charge in [-0.05, 0) is 67.6 Å². The molecular formula is C32H41N3O5S.